The average molecular weight is 400 g/mol. The molecule has 6 heteroatoms. The molecule has 3 rings (SSSR count). The molecule has 0 aliphatic carbocycles. The van der Waals surface area contributed by atoms with E-state index in [4.69, 9.17) is 21.7 Å². The minimum Gasteiger partial charge on any atom is -0.493 e. The first-order chi connectivity index (χ1) is 13.6. The lowest BCUT2D eigenvalue weighted by atomic mass is 10.1. The monoisotopic (exact) mass is 399 g/mol. The predicted octanol–water partition coefficient (Wildman–Crippen LogP) is 4.74. The van der Waals surface area contributed by atoms with Gasteiger partial charge in [-0.3, -0.25) is 0 Å². The summed E-state index contributed by atoms with van der Waals surface area (Å²) in [6, 6.07) is 14.5. The fourth-order valence-corrected chi connectivity index (χ4v) is 3.78. The number of nitrogens with one attached hydrogen (secondary N) is 2. The Kier molecular flexibility index (Phi) is 6.98. The maximum Gasteiger partial charge on any atom is 0.171 e. The van der Waals surface area contributed by atoms with Gasteiger partial charge in [-0.05, 0) is 68.2 Å². The molecule has 2 aromatic rings. The van der Waals surface area contributed by atoms with E-state index in [0.717, 1.165) is 18.8 Å². The van der Waals surface area contributed by atoms with Crippen molar-refractivity contribution in [2.75, 3.05) is 37.5 Å². The van der Waals surface area contributed by atoms with E-state index >= 15 is 0 Å². The summed E-state index contributed by atoms with van der Waals surface area (Å²) in [5.74, 6) is 1.35. The lowest BCUT2D eigenvalue weighted by Crippen LogP contribution is -2.31. The fourth-order valence-electron chi connectivity index (χ4n) is 3.49. The van der Waals surface area contributed by atoms with Crippen LogP contribution in [0.4, 0.5) is 11.4 Å². The Bertz CT molecular complexity index is 789. The molecular weight excluding hydrogens is 370 g/mol. The van der Waals surface area contributed by atoms with Gasteiger partial charge in [0.25, 0.3) is 0 Å². The first-order valence-corrected chi connectivity index (χ1v) is 10.2. The highest BCUT2D eigenvalue weighted by Gasteiger charge is 2.13. The van der Waals surface area contributed by atoms with Gasteiger partial charge in [-0.1, -0.05) is 12.1 Å². The van der Waals surface area contributed by atoms with Gasteiger partial charge < -0.3 is 25.0 Å². The smallest absolute Gasteiger partial charge is 0.171 e. The summed E-state index contributed by atoms with van der Waals surface area (Å²) in [6.45, 7) is 4.43. The van der Waals surface area contributed by atoms with Crippen LogP contribution in [0.15, 0.2) is 42.5 Å². The lowest BCUT2D eigenvalue weighted by Gasteiger charge is -2.29. The Morgan fingerprint density at radius 2 is 1.64 bits per heavy atom. The van der Waals surface area contributed by atoms with E-state index in [1.807, 2.05) is 18.2 Å². The quantitative estimate of drug-likeness (QED) is 0.684. The Balaban J connectivity index is 1.58. The number of ether oxygens (including phenoxy) is 2. The fraction of sp³-hybridized carbons (Fsp3) is 0.409. The molecule has 0 saturated carbocycles. The maximum atomic E-state index is 5.48. The standard InChI is InChI=1S/C22H29N3O2S/c1-16(17-7-10-19(11-8-17)25-13-5-4-6-14-25)23-22(28)24-18-9-12-20(26-2)21(15-18)27-3/h7-12,15-16H,4-6,13-14H2,1-3H3,(H2,23,24,28)/t16-/m0/s1. The minimum absolute atomic E-state index is 0.107. The molecule has 1 saturated heterocycles. The largest absolute Gasteiger partial charge is 0.493 e. The van der Waals surface area contributed by atoms with Gasteiger partial charge in [0.1, 0.15) is 0 Å². The van der Waals surface area contributed by atoms with Crippen molar-refractivity contribution in [2.45, 2.75) is 32.2 Å². The number of hydrogen-bond donors (Lipinski definition) is 2. The van der Waals surface area contributed by atoms with Crippen LogP contribution >= 0.6 is 12.2 Å². The second-order valence-electron chi connectivity index (χ2n) is 7.03. The van der Waals surface area contributed by atoms with Crippen molar-refractivity contribution < 1.29 is 9.47 Å². The molecule has 0 radical (unpaired) electrons. The first-order valence-electron chi connectivity index (χ1n) is 9.75. The number of hydrogen-bond acceptors (Lipinski definition) is 4. The molecule has 1 heterocycles. The highest BCUT2D eigenvalue weighted by Crippen LogP contribution is 2.29. The Hall–Kier alpha value is -2.47. The number of thiocarbonyl (C=S) groups is 1. The highest BCUT2D eigenvalue weighted by atomic mass is 32.1. The van der Waals surface area contributed by atoms with Crippen molar-refractivity contribution in [2.24, 2.45) is 0 Å². The second kappa shape index (κ2) is 9.64. The maximum absolute atomic E-state index is 5.48. The van der Waals surface area contributed by atoms with Crippen molar-refractivity contribution in [1.29, 1.82) is 0 Å². The van der Waals surface area contributed by atoms with E-state index in [1.165, 1.54) is 30.5 Å². The van der Waals surface area contributed by atoms with Gasteiger partial charge in [0.2, 0.25) is 0 Å². The summed E-state index contributed by atoms with van der Waals surface area (Å²) in [5, 5.41) is 7.12. The number of rotatable bonds is 6. The minimum atomic E-state index is 0.107. The van der Waals surface area contributed by atoms with Crippen LogP contribution in [0, 0.1) is 0 Å². The molecule has 1 aliphatic heterocycles. The van der Waals surface area contributed by atoms with Crippen molar-refractivity contribution in [1.82, 2.24) is 5.32 Å². The van der Waals surface area contributed by atoms with Crippen molar-refractivity contribution in [3.63, 3.8) is 0 Å². The SMILES string of the molecule is COc1ccc(NC(=S)N[C@@H](C)c2ccc(N3CCCCC3)cc2)cc1OC. The zero-order valence-corrected chi connectivity index (χ0v) is 17.6. The van der Waals surface area contributed by atoms with Gasteiger partial charge in [0, 0.05) is 30.5 Å². The van der Waals surface area contributed by atoms with Gasteiger partial charge in [-0.25, -0.2) is 0 Å². The van der Waals surface area contributed by atoms with Crippen LogP contribution in [0.3, 0.4) is 0 Å². The van der Waals surface area contributed by atoms with Crippen molar-refractivity contribution in [3.05, 3.63) is 48.0 Å². The summed E-state index contributed by atoms with van der Waals surface area (Å²) in [5.41, 5.74) is 3.36. The van der Waals surface area contributed by atoms with Gasteiger partial charge in [-0.15, -0.1) is 0 Å². The summed E-state index contributed by atoms with van der Waals surface area (Å²) >= 11 is 5.48. The molecule has 0 bridgehead atoms. The van der Waals surface area contributed by atoms with Crippen molar-refractivity contribution >= 4 is 28.7 Å². The van der Waals surface area contributed by atoms with Crippen LogP contribution in [-0.4, -0.2) is 32.4 Å². The number of anilines is 2. The number of piperidine rings is 1. The van der Waals surface area contributed by atoms with Crippen LogP contribution in [0.25, 0.3) is 0 Å². The average Bonchev–Trinajstić information content (AvgIpc) is 2.74. The number of nitrogens with zero attached hydrogens (tertiary/aromatic N) is 1. The van der Waals surface area contributed by atoms with E-state index in [1.54, 1.807) is 14.2 Å². The third kappa shape index (κ3) is 5.07. The third-order valence-electron chi connectivity index (χ3n) is 5.10. The highest BCUT2D eigenvalue weighted by molar-refractivity contribution is 7.80. The van der Waals surface area contributed by atoms with E-state index < -0.39 is 0 Å². The first kappa shape index (κ1) is 20.3. The Labute approximate surface area is 173 Å². The molecule has 0 unspecified atom stereocenters. The lowest BCUT2D eigenvalue weighted by molar-refractivity contribution is 0.355. The molecular formula is C22H29N3O2S. The van der Waals surface area contributed by atoms with E-state index in [-0.39, 0.29) is 6.04 Å². The molecule has 2 N–H and O–H groups in total. The van der Waals surface area contributed by atoms with Gasteiger partial charge in [0.15, 0.2) is 16.6 Å². The zero-order chi connectivity index (χ0) is 19.9. The molecule has 1 fully saturated rings. The molecule has 150 valence electrons. The molecule has 0 spiro atoms. The molecule has 0 aromatic heterocycles. The number of benzene rings is 2. The normalized spacial score (nSPS) is 14.9. The summed E-state index contributed by atoms with van der Waals surface area (Å²) in [6.07, 6.45) is 3.92. The van der Waals surface area contributed by atoms with E-state index in [0.29, 0.717) is 16.6 Å². The summed E-state index contributed by atoms with van der Waals surface area (Å²) in [7, 11) is 3.24. The van der Waals surface area contributed by atoms with Crippen LogP contribution < -0.4 is 25.0 Å². The van der Waals surface area contributed by atoms with Crippen LogP contribution in [0.5, 0.6) is 11.5 Å². The molecule has 28 heavy (non-hydrogen) atoms. The van der Waals surface area contributed by atoms with Crippen molar-refractivity contribution in [3.8, 4) is 11.5 Å². The molecule has 1 atom stereocenters. The van der Waals surface area contributed by atoms with E-state index in [9.17, 15) is 0 Å². The van der Waals surface area contributed by atoms with Gasteiger partial charge in [0.05, 0.1) is 20.3 Å². The molecule has 1 aliphatic rings. The van der Waals surface area contributed by atoms with Crippen LogP contribution in [0.1, 0.15) is 37.8 Å². The van der Waals surface area contributed by atoms with Gasteiger partial charge >= 0.3 is 0 Å². The Morgan fingerprint density at radius 3 is 2.29 bits per heavy atom. The number of methoxy groups -OCH3 is 2. The topological polar surface area (TPSA) is 45.8 Å². The van der Waals surface area contributed by atoms with Crippen LogP contribution in [-0.2, 0) is 0 Å². The summed E-state index contributed by atoms with van der Waals surface area (Å²) in [4.78, 5) is 2.47. The molecule has 0 amide bonds. The van der Waals surface area contributed by atoms with E-state index in [2.05, 4.69) is 46.7 Å². The Morgan fingerprint density at radius 1 is 0.964 bits per heavy atom. The molecule has 5 nitrogen and oxygen atoms in total. The third-order valence-corrected chi connectivity index (χ3v) is 5.32. The second-order valence-corrected chi connectivity index (χ2v) is 7.44. The summed E-state index contributed by atoms with van der Waals surface area (Å²) < 4.78 is 10.6. The van der Waals surface area contributed by atoms with Gasteiger partial charge in [-0.2, -0.15) is 0 Å². The molecule has 2 aromatic carbocycles. The zero-order valence-electron chi connectivity index (χ0n) is 16.8. The predicted molar refractivity (Wildman–Crippen MR) is 120 cm³/mol. The van der Waals surface area contributed by atoms with Crippen LogP contribution in [0.2, 0.25) is 0 Å².